The van der Waals surface area contributed by atoms with Crippen LogP contribution in [0.2, 0.25) is 0 Å². The fourth-order valence-corrected chi connectivity index (χ4v) is 2.32. The number of hydrogen-bond donors (Lipinski definition) is 0. The van der Waals surface area contributed by atoms with Crippen molar-refractivity contribution < 1.29 is 23.8 Å². The average Bonchev–Trinajstić information content (AvgIpc) is 2.65. The third kappa shape index (κ3) is 7.13. The van der Waals surface area contributed by atoms with Gasteiger partial charge in [0.15, 0.2) is 0 Å². The van der Waals surface area contributed by atoms with E-state index in [0.717, 1.165) is 19.3 Å². The van der Waals surface area contributed by atoms with Crippen molar-refractivity contribution in [3.63, 3.8) is 0 Å². The number of hydrogen-bond acceptors (Lipinski definition) is 5. The second-order valence-corrected chi connectivity index (χ2v) is 6.72. The normalized spacial score (nSPS) is 10.5. The zero-order valence-corrected chi connectivity index (χ0v) is 16.1. The van der Waals surface area contributed by atoms with Crippen LogP contribution in [0.1, 0.15) is 49.5 Å². The Morgan fingerprint density at radius 1 is 0.963 bits per heavy atom. The molecule has 0 saturated carbocycles. The van der Waals surface area contributed by atoms with Crippen molar-refractivity contribution in [2.45, 2.75) is 40.0 Å². The third-order valence-corrected chi connectivity index (χ3v) is 3.76. The van der Waals surface area contributed by atoms with Crippen LogP contribution in [0.15, 0.2) is 48.5 Å². The molecule has 144 valence electrons. The SMILES string of the molecule is CCCCc1ccc(C(=O)Oc2cccc(OC(=O)OCC(C)C)c2)cc1. The van der Waals surface area contributed by atoms with Gasteiger partial charge in [0.1, 0.15) is 11.5 Å². The molecule has 2 aromatic carbocycles. The maximum atomic E-state index is 12.3. The van der Waals surface area contributed by atoms with Crippen LogP contribution in [-0.4, -0.2) is 18.7 Å². The molecule has 0 aromatic heterocycles. The van der Waals surface area contributed by atoms with Gasteiger partial charge < -0.3 is 14.2 Å². The second kappa shape index (κ2) is 10.4. The minimum Gasteiger partial charge on any atom is -0.434 e. The molecule has 0 atom stereocenters. The van der Waals surface area contributed by atoms with E-state index in [-0.39, 0.29) is 18.3 Å². The van der Waals surface area contributed by atoms with Crippen molar-refractivity contribution in [2.24, 2.45) is 5.92 Å². The van der Waals surface area contributed by atoms with Crippen molar-refractivity contribution >= 4 is 12.1 Å². The van der Waals surface area contributed by atoms with E-state index in [0.29, 0.717) is 11.3 Å². The largest absolute Gasteiger partial charge is 0.513 e. The van der Waals surface area contributed by atoms with Crippen molar-refractivity contribution in [2.75, 3.05) is 6.61 Å². The fourth-order valence-electron chi connectivity index (χ4n) is 2.32. The Morgan fingerprint density at radius 2 is 1.63 bits per heavy atom. The highest BCUT2D eigenvalue weighted by Gasteiger charge is 2.11. The number of unbranched alkanes of at least 4 members (excludes halogenated alkanes) is 1. The van der Waals surface area contributed by atoms with Crippen LogP contribution >= 0.6 is 0 Å². The van der Waals surface area contributed by atoms with E-state index in [2.05, 4.69) is 6.92 Å². The zero-order chi connectivity index (χ0) is 19.6. The Labute approximate surface area is 160 Å². The van der Waals surface area contributed by atoms with E-state index in [9.17, 15) is 9.59 Å². The molecule has 5 heteroatoms. The third-order valence-electron chi connectivity index (χ3n) is 3.76. The molecule has 0 aliphatic carbocycles. The van der Waals surface area contributed by atoms with Gasteiger partial charge in [-0.2, -0.15) is 0 Å². The van der Waals surface area contributed by atoms with Gasteiger partial charge in [-0.25, -0.2) is 9.59 Å². The summed E-state index contributed by atoms with van der Waals surface area (Å²) in [6.07, 6.45) is 2.47. The Morgan fingerprint density at radius 3 is 2.26 bits per heavy atom. The van der Waals surface area contributed by atoms with Gasteiger partial charge in [0.2, 0.25) is 0 Å². The van der Waals surface area contributed by atoms with E-state index in [4.69, 9.17) is 14.2 Å². The van der Waals surface area contributed by atoms with Crippen LogP contribution in [-0.2, 0) is 11.2 Å². The first-order chi connectivity index (χ1) is 13.0. The Balaban J connectivity index is 1.94. The molecule has 0 aliphatic rings. The summed E-state index contributed by atoms with van der Waals surface area (Å²) in [5, 5.41) is 0. The summed E-state index contributed by atoms with van der Waals surface area (Å²) in [6.45, 7) is 6.29. The molecule has 0 radical (unpaired) electrons. The Kier molecular flexibility index (Phi) is 7.86. The molecule has 2 aromatic rings. The highest BCUT2D eigenvalue weighted by atomic mass is 16.7. The predicted octanol–water partition coefficient (Wildman–Crippen LogP) is 5.42. The van der Waals surface area contributed by atoms with Crippen LogP contribution in [0.25, 0.3) is 0 Å². The lowest BCUT2D eigenvalue weighted by Crippen LogP contribution is -2.14. The zero-order valence-electron chi connectivity index (χ0n) is 16.1. The first-order valence-corrected chi connectivity index (χ1v) is 9.23. The van der Waals surface area contributed by atoms with Gasteiger partial charge in [-0.3, -0.25) is 0 Å². The van der Waals surface area contributed by atoms with Crippen LogP contribution in [0, 0.1) is 5.92 Å². The van der Waals surface area contributed by atoms with Gasteiger partial charge >= 0.3 is 12.1 Å². The summed E-state index contributed by atoms with van der Waals surface area (Å²) in [5.41, 5.74) is 1.67. The smallest absolute Gasteiger partial charge is 0.434 e. The van der Waals surface area contributed by atoms with Crippen LogP contribution in [0.4, 0.5) is 4.79 Å². The quantitative estimate of drug-likeness (QED) is 0.353. The maximum Gasteiger partial charge on any atom is 0.513 e. The molecule has 27 heavy (non-hydrogen) atoms. The van der Waals surface area contributed by atoms with Crippen LogP contribution < -0.4 is 9.47 Å². The summed E-state index contributed by atoms with van der Waals surface area (Å²) < 4.78 is 15.4. The minimum atomic E-state index is -0.783. The van der Waals surface area contributed by atoms with Crippen molar-refractivity contribution in [1.29, 1.82) is 0 Å². The van der Waals surface area contributed by atoms with Crippen molar-refractivity contribution in [3.8, 4) is 11.5 Å². The topological polar surface area (TPSA) is 61.8 Å². The second-order valence-electron chi connectivity index (χ2n) is 6.72. The summed E-state index contributed by atoms with van der Waals surface area (Å²) in [5.74, 6) is 0.308. The average molecular weight is 370 g/mol. The fraction of sp³-hybridized carbons (Fsp3) is 0.364. The monoisotopic (exact) mass is 370 g/mol. The predicted molar refractivity (Wildman–Crippen MR) is 103 cm³/mol. The number of benzene rings is 2. The number of carbonyl (C=O) groups is 2. The Bertz CT molecular complexity index is 750. The molecular formula is C22H26O5. The van der Waals surface area contributed by atoms with E-state index < -0.39 is 12.1 Å². The highest BCUT2D eigenvalue weighted by Crippen LogP contribution is 2.21. The molecule has 0 fully saturated rings. The molecule has 0 bridgehead atoms. The molecule has 0 heterocycles. The van der Waals surface area contributed by atoms with Crippen LogP contribution in [0.5, 0.6) is 11.5 Å². The molecular weight excluding hydrogens is 344 g/mol. The van der Waals surface area contributed by atoms with Gasteiger partial charge in [0, 0.05) is 6.07 Å². The molecule has 2 rings (SSSR count). The molecule has 5 nitrogen and oxygen atoms in total. The molecule has 0 saturated heterocycles. The molecule has 0 aliphatic heterocycles. The summed E-state index contributed by atoms with van der Waals surface area (Å²) in [7, 11) is 0. The summed E-state index contributed by atoms with van der Waals surface area (Å²) in [4.78, 5) is 23.9. The van der Waals surface area contributed by atoms with Gasteiger partial charge in [0.05, 0.1) is 12.2 Å². The first-order valence-electron chi connectivity index (χ1n) is 9.23. The summed E-state index contributed by atoms with van der Waals surface area (Å²) in [6, 6.07) is 13.7. The van der Waals surface area contributed by atoms with Crippen LogP contribution in [0.3, 0.4) is 0 Å². The van der Waals surface area contributed by atoms with Gasteiger partial charge in [-0.1, -0.05) is 45.4 Å². The van der Waals surface area contributed by atoms with Gasteiger partial charge in [-0.05, 0) is 48.6 Å². The highest BCUT2D eigenvalue weighted by molar-refractivity contribution is 5.91. The number of rotatable bonds is 8. The lowest BCUT2D eigenvalue weighted by atomic mass is 10.1. The Hall–Kier alpha value is -2.82. The van der Waals surface area contributed by atoms with E-state index in [1.165, 1.54) is 11.6 Å². The number of esters is 1. The summed E-state index contributed by atoms with van der Waals surface area (Å²) >= 11 is 0. The van der Waals surface area contributed by atoms with Crippen molar-refractivity contribution in [3.05, 3.63) is 59.7 Å². The first kappa shape index (κ1) is 20.5. The van der Waals surface area contributed by atoms with Gasteiger partial charge in [0.25, 0.3) is 0 Å². The minimum absolute atomic E-state index is 0.221. The molecule has 0 spiro atoms. The molecule has 0 amide bonds. The molecule has 0 N–H and O–H groups in total. The lowest BCUT2D eigenvalue weighted by molar-refractivity contribution is 0.0734. The van der Waals surface area contributed by atoms with Crippen molar-refractivity contribution in [1.82, 2.24) is 0 Å². The van der Waals surface area contributed by atoms with Gasteiger partial charge in [-0.15, -0.1) is 0 Å². The van der Waals surface area contributed by atoms with E-state index in [1.807, 2.05) is 26.0 Å². The standard InChI is InChI=1S/C22H26O5/c1-4-5-7-17-10-12-18(13-11-17)21(23)26-19-8-6-9-20(14-19)27-22(24)25-15-16(2)3/h6,8-14,16H,4-5,7,15H2,1-3H3. The van der Waals surface area contributed by atoms with E-state index in [1.54, 1.807) is 30.3 Å². The number of aryl methyl sites for hydroxylation is 1. The van der Waals surface area contributed by atoms with E-state index >= 15 is 0 Å². The number of ether oxygens (including phenoxy) is 3. The maximum absolute atomic E-state index is 12.3. The lowest BCUT2D eigenvalue weighted by Gasteiger charge is -2.09. The number of carbonyl (C=O) groups excluding carboxylic acids is 2. The molecule has 0 unspecified atom stereocenters.